The van der Waals surface area contributed by atoms with Gasteiger partial charge in [0.05, 0.1) is 31.8 Å². The van der Waals surface area contributed by atoms with Crippen LogP contribution in [0.4, 0.5) is 0 Å². The van der Waals surface area contributed by atoms with Crippen LogP contribution in [0.5, 0.6) is 5.75 Å². The van der Waals surface area contributed by atoms with Gasteiger partial charge in [0.15, 0.2) is 5.76 Å². The van der Waals surface area contributed by atoms with Gasteiger partial charge in [-0.05, 0) is 35.9 Å². The SMILES string of the molecule is COCCNC(=O)C1=C[C@@H](c2ccccc2)C[C@@H](OCCN(CCO)S(=O)(=O)c2ccc(OC)cc2)O1. The Balaban J connectivity index is 1.68. The first-order valence-electron chi connectivity index (χ1n) is 12.0. The molecule has 11 heteroatoms. The molecule has 2 N–H and O–H groups in total. The first kappa shape index (κ1) is 28.6. The van der Waals surface area contributed by atoms with E-state index in [4.69, 9.17) is 18.9 Å². The van der Waals surface area contributed by atoms with Gasteiger partial charge in [0.25, 0.3) is 5.91 Å². The van der Waals surface area contributed by atoms with Crippen molar-refractivity contribution in [1.29, 1.82) is 0 Å². The van der Waals surface area contributed by atoms with E-state index in [1.807, 2.05) is 30.3 Å². The summed E-state index contributed by atoms with van der Waals surface area (Å²) in [5, 5.41) is 12.2. The van der Waals surface area contributed by atoms with Crippen LogP contribution < -0.4 is 10.1 Å². The van der Waals surface area contributed by atoms with Gasteiger partial charge in [-0.15, -0.1) is 0 Å². The van der Waals surface area contributed by atoms with Crippen molar-refractivity contribution in [3.8, 4) is 5.75 Å². The Kier molecular flexibility index (Phi) is 10.9. The number of amides is 1. The van der Waals surface area contributed by atoms with Crippen LogP contribution in [0, 0.1) is 0 Å². The zero-order chi connectivity index (χ0) is 26.7. The predicted molar refractivity (Wildman–Crippen MR) is 136 cm³/mol. The molecule has 2 aromatic carbocycles. The zero-order valence-electron chi connectivity index (χ0n) is 21.0. The molecule has 0 aromatic heterocycles. The molecule has 0 bridgehead atoms. The fourth-order valence-electron chi connectivity index (χ4n) is 3.85. The highest BCUT2D eigenvalue weighted by atomic mass is 32.2. The summed E-state index contributed by atoms with van der Waals surface area (Å²) in [5.41, 5.74) is 1.01. The van der Waals surface area contributed by atoms with Crippen LogP contribution in [0.15, 0.2) is 71.3 Å². The molecular weight excluding hydrogens is 500 g/mol. The fraction of sp³-hybridized carbons (Fsp3) is 0.423. The van der Waals surface area contributed by atoms with Gasteiger partial charge in [-0.25, -0.2) is 8.42 Å². The van der Waals surface area contributed by atoms with E-state index in [2.05, 4.69) is 5.32 Å². The monoisotopic (exact) mass is 534 g/mol. The Morgan fingerprint density at radius 3 is 2.46 bits per heavy atom. The smallest absolute Gasteiger partial charge is 0.286 e. The quantitative estimate of drug-likeness (QED) is 0.352. The number of hydrogen-bond acceptors (Lipinski definition) is 8. The molecule has 0 saturated heterocycles. The number of aliphatic hydroxyl groups is 1. The third-order valence-electron chi connectivity index (χ3n) is 5.79. The molecule has 0 aliphatic carbocycles. The molecule has 0 saturated carbocycles. The maximum atomic E-state index is 13.1. The molecule has 1 heterocycles. The summed E-state index contributed by atoms with van der Waals surface area (Å²) in [6, 6.07) is 15.7. The lowest BCUT2D eigenvalue weighted by Gasteiger charge is -2.30. The van der Waals surface area contributed by atoms with Gasteiger partial charge in [0.2, 0.25) is 16.3 Å². The van der Waals surface area contributed by atoms with Crippen molar-refractivity contribution in [3.05, 3.63) is 72.0 Å². The van der Waals surface area contributed by atoms with Crippen molar-refractivity contribution in [2.45, 2.75) is 23.5 Å². The van der Waals surface area contributed by atoms with Crippen molar-refractivity contribution in [3.63, 3.8) is 0 Å². The lowest BCUT2D eigenvalue weighted by molar-refractivity contribution is -0.146. The average molecular weight is 535 g/mol. The molecule has 0 spiro atoms. The Hall–Kier alpha value is -2.96. The van der Waals surface area contributed by atoms with Gasteiger partial charge in [0.1, 0.15) is 5.75 Å². The van der Waals surface area contributed by atoms with Crippen LogP contribution in [-0.2, 0) is 29.0 Å². The molecular formula is C26H34N2O8S. The van der Waals surface area contributed by atoms with Crippen molar-refractivity contribution in [1.82, 2.24) is 9.62 Å². The minimum Gasteiger partial charge on any atom is -0.497 e. The van der Waals surface area contributed by atoms with Crippen LogP contribution in [0.3, 0.4) is 0 Å². The summed E-state index contributed by atoms with van der Waals surface area (Å²) in [4.78, 5) is 12.7. The van der Waals surface area contributed by atoms with Crippen LogP contribution in [0.2, 0.25) is 0 Å². The van der Waals surface area contributed by atoms with Gasteiger partial charge >= 0.3 is 0 Å². The Bertz CT molecular complexity index is 1120. The predicted octanol–water partition coefficient (Wildman–Crippen LogP) is 1.87. The number of nitrogens with one attached hydrogen (secondary N) is 1. The molecule has 1 aliphatic heterocycles. The lowest BCUT2D eigenvalue weighted by atomic mass is 9.93. The minimum absolute atomic E-state index is 0.000134. The summed E-state index contributed by atoms with van der Waals surface area (Å²) < 4.78 is 49.2. The lowest BCUT2D eigenvalue weighted by Crippen LogP contribution is -2.38. The molecule has 202 valence electrons. The summed E-state index contributed by atoms with van der Waals surface area (Å²) in [5.74, 6) is 0.169. The van der Waals surface area contributed by atoms with Crippen LogP contribution in [-0.4, -0.2) is 83.7 Å². The van der Waals surface area contributed by atoms with Crippen LogP contribution in [0.25, 0.3) is 0 Å². The third-order valence-corrected chi connectivity index (χ3v) is 7.70. The number of allylic oxidation sites excluding steroid dienone is 1. The number of methoxy groups -OCH3 is 2. The molecule has 1 aliphatic rings. The largest absolute Gasteiger partial charge is 0.497 e. The standard InChI is InChI=1S/C26H34N2O8S/c1-33-16-12-27-26(30)24-18-21(20-6-4-3-5-7-20)19-25(36-24)35-17-14-28(13-15-29)37(31,32)23-10-8-22(34-2)9-11-23/h3-11,18,21,25,29H,12-17,19H2,1-2H3,(H,27,30)/t21-,25+/m1/s1. The second kappa shape index (κ2) is 14.1. The van der Waals surface area contributed by atoms with Crippen LogP contribution >= 0.6 is 0 Å². The average Bonchev–Trinajstić information content (AvgIpc) is 2.93. The molecule has 37 heavy (non-hydrogen) atoms. The molecule has 2 atom stereocenters. The van der Waals surface area contributed by atoms with E-state index in [1.54, 1.807) is 25.3 Å². The summed E-state index contributed by atoms with van der Waals surface area (Å²) >= 11 is 0. The first-order chi connectivity index (χ1) is 17.9. The molecule has 2 aromatic rings. The van der Waals surface area contributed by atoms with Crippen molar-refractivity contribution in [2.75, 3.05) is 53.7 Å². The maximum Gasteiger partial charge on any atom is 0.286 e. The number of aliphatic hydroxyl groups excluding tert-OH is 1. The van der Waals surface area contributed by atoms with E-state index < -0.39 is 16.3 Å². The molecule has 0 radical (unpaired) electrons. The Labute approximate surface area is 217 Å². The number of carbonyl (C=O) groups excluding carboxylic acids is 1. The number of nitrogens with zero attached hydrogens (tertiary/aromatic N) is 1. The van der Waals surface area contributed by atoms with Crippen molar-refractivity contribution in [2.24, 2.45) is 0 Å². The number of hydrogen-bond donors (Lipinski definition) is 2. The summed E-state index contributed by atoms with van der Waals surface area (Å²) in [6.07, 6.45) is 1.45. The summed E-state index contributed by atoms with van der Waals surface area (Å²) in [6.45, 7) is 0.244. The topological polar surface area (TPSA) is 124 Å². The van der Waals surface area contributed by atoms with E-state index in [9.17, 15) is 18.3 Å². The third kappa shape index (κ3) is 8.01. The Morgan fingerprint density at radius 2 is 1.81 bits per heavy atom. The zero-order valence-corrected chi connectivity index (χ0v) is 21.9. The van der Waals surface area contributed by atoms with E-state index in [0.29, 0.717) is 25.3 Å². The molecule has 3 rings (SSSR count). The highest BCUT2D eigenvalue weighted by Crippen LogP contribution is 2.31. The number of ether oxygens (including phenoxy) is 4. The van der Waals surface area contributed by atoms with E-state index >= 15 is 0 Å². The van der Waals surface area contributed by atoms with Crippen molar-refractivity contribution < 1.29 is 37.3 Å². The van der Waals surface area contributed by atoms with Gasteiger partial charge < -0.3 is 29.4 Å². The second-order valence-corrected chi connectivity index (χ2v) is 10.2. The van der Waals surface area contributed by atoms with E-state index in [1.165, 1.54) is 19.2 Å². The number of rotatable bonds is 14. The molecule has 0 unspecified atom stereocenters. The molecule has 0 fully saturated rings. The molecule has 10 nitrogen and oxygen atoms in total. The van der Waals surface area contributed by atoms with E-state index in [0.717, 1.165) is 9.87 Å². The summed E-state index contributed by atoms with van der Waals surface area (Å²) in [7, 11) is -0.826. The van der Waals surface area contributed by atoms with Gasteiger partial charge in [-0.1, -0.05) is 30.3 Å². The minimum atomic E-state index is -3.87. The number of benzene rings is 2. The van der Waals surface area contributed by atoms with Gasteiger partial charge in [-0.2, -0.15) is 4.31 Å². The van der Waals surface area contributed by atoms with E-state index in [-0.39, 0.29) is 48.8 Å². The number of carbonyl (C=O) groups is 1. The fourth-order valence-corrected chi connectivity index (χ4v) is 5.27. The highest BCUT2D eigenvalue weighted by molar-refractivity contribution is 7.89. The Morgan fingerprint density at radius 1 is 1.08 bits per heavy atom. The normalized spacial score (nSPS) is 17.7. The maximum absolute atomic E-state index is 13.1. The second-order valence-electron chi connectivity index (χ2n) is 8.25. The number of sulfonamides is 1. The van der Waals surface area contributed by atoms with Gasteiger partial charge in [0, 0.05) is 39.1 Å². The van der Waals surface area contributed by atoms with Gasteiger partial charge in [-0.3, -0.25) is 4.79 Å². The molecule has 1 amide bonds. The van der Waals surface area contributed by atoms with Crippen LogP contribution in [0.1, 0.15) is 17.9 Å². The highest BCUT2D eigenvalue weighted by Gasteiger charge is 2.30. The van der Waals surface area contributed by atoms with Crippen molar-refractivity contribution >= 4 is 15.9 Å². The first-order valence-corrected chi connectivity index (χ1v) is 13.4.